The molecule has 8 nitrogen and oxygen atoms in total. The molecular formula is C13H20N4O4. The number of carbonyl (C=O) groups is 2. The summed E-state index contributed by atoms with van der Waals surface area (Å²) in [6.07, 6.45) is 5.92. The molecule has 2 amide bonds. The highest BCUT2D eigenvalue weighted by atomic mass is 16.5. The maximum atomic E-state index is 11.8. The molecule has 1 aromatic rings. The van der Waals surface area contributed by atoms with Gasteiger partial charge in [0.1, 0.15) is 0 Å². The second kappa shape index (κ2) is 7.61. The molecule has 1 aliphatic rings. The Hall–Kier alpha value is -2.12. The quantitative estimate of drug-likeness (QED) is 0.696. The fourth-order valence-electron chi connectivity index (χ4n) is 2.58. The second-order valence-electron chi connectivity index (χ2n) is 5.17. The first kappa shape index (κ1) is 15.3. The van der Waals surface area contributed by atoms with Crippen LogP contribution in [-0.4, -0.2) is 39.8 Å². The van der Waals surface area contributed by atoms with E-state index in [1.165, 1.54) is 6.33 Å². The molecular weight excluding hydrogens is 276 g/mol. The Kier molecular flexibility index (Phi) is 5.53. The van der Waals surface area contributed by atoms with Crippen LogP contribution in [0.4, 0.5) is 4.79 Å². The highest BCUT2D eigenvalue weighted by molar-refractivity contribution is 5.76. The largest absolute Gasteiger partial charge is 0.481 e. The third kappa shape index (κ3) is 4.73. The van der Waals surface area contributed by atoms with Gasteiger partial charge in [-0.25, -0.2) is 4.79 Å². The summed E-state index contributed by atoms with van der Waals surface area (Å²) < 4.78 is 4.82. The number of nitrogens with one attached hydrogen (secondary N) is 2. The SMILES string of the molecule is O=C(NCCc1ncno1)NC1CCCCCC1C(=O)O. The van der Waals surface area contributed by atoms with Crippen LogP contribution in [0.3, 0.4) is 0 Å². The van der Waals surface area contributed by atoms with Crippen LogP contribution in [0.5, 0.6) is 0 Å². The predicted molar refractivity (Wildman–Crippen MR) is 72.5 cm³/mol. The predicted octanol–water partition coefficient (Wildman–Crippen LogP) is 0.945. The van der Waals surface area contributed by atoms with Crippen LogP contribution in [0.15, 0.2) is 10.9 Å². The van der Waals surface area contributed by atoms with E-state index < -0.39 is 11.9 Å². The van der Waals surface area contributed by atoms with E-state index >= 15 is 0 Å². The Balaban J connectivity index is 1.77. The number of aliphatic carboxylic acids is 1. The second-order valence-corrected chi connectivity index (χ2v) is 5.17. The molecule has 0 aromatic carbocycles. The van der Waals surface area contributed by atoms with E-state index in [2.05, 4.69) is 20.8 Å². The zero-order valence-electron chi connectivity index (χ0n) is 11.7. The zero-order chi connectivity index (χ0) is 15.1. The molecule has 1 aromatic heterocycles. The van der Waals surface area contributed by atoms with Gasteiger partial charge < -0.3 is 20.3 Å². The van der Waals surface area contributed by atoms with Crippen molar-refractivity contribution >= 4 is 12.0 Å². The minimum Gasteiger partial charge on any atom is -0.481 e. The fourth-order valence-corrected chi connectivity index (χ4v) is 2.58. The lowest BCUT2D eigenvalue weighted by Gasteiger charge is -2.22. The molecule has 0 aliphatic heterocycles. The van der Waals surface area contributed by atoms with Gasteiger partial charge in [0.2, 0.25) is 5.89 Å². The lowest BCUT2D eigenvalue weighted by molar-refractivity contribution is -0.142. The Morgan fingerprint density at radius 3 is 2.86 bits per heavy atom. The molecule has 0 radical (unpaired) electrons. The molecule has 116 valence electrons. The minimum absolute atomic E-state index is 0.312. The van der Waals surface area contributed by atoms with Crippen LogP contribution in [0.2, 0.25) is 0 Å². The summed E-state index contributed by atoms with van der Waals surface area (Å²) in [4.78, 5) is 27.0. The van der Waals surface area contributed by atoms with Crippen molar-refractivity contribution in [2.24, 2.45) is 5.92 Å². The smallest absolute Gasteiger partial charge is 0.315 e. The number of hydrogen-bond donors (Lipinski definition) is 3. The normalized spacial score (nSPS) is 22.3. The van der Waals surface area contributed by atoms with Crippen molar-refractivity contribution < 1.29 is 19.2 Å². The van der Waals surface area contributed by atoms with Crippen LogP contribution in [0.25, 0.3) is 0 Å². The molecule has 2 rings (SSSR count). The molecule has 1 aliphatic carbocycles. The first-order valence-electron chi connectivity index (χ1n) is 7.19. The Labute approximate surface area is 122 Å². The zero-order valence-corrected chi connectivity index (χ0v) is 11.7. The van der Waals surface area contributed by atoms with Gasteiger partial charge in [-0.1, -0.05) is 24.4 Å². The van der Waals surface area contributed by atoms with Gasteiger partial charge >= 0.3 is 12.0 Å². The van der Waals surface area contributed by atoms with Gasteiger partial charge in [-0.15, -0.1) is 0 Å². The van der Waals surface area contributed by atoms with Gasteiger partial charge in [0.15, 0.2) is 6.33 Å². The number of carboxylic acid groups (broad SMARTS) is 1. The van der Waals surface area contributed by atoms with Crippen molar-refractivity contribution in [3.8, 4) is 0 Å². The summed E-state index contributed by atoms with van der Waals surface area (Å²) in [7, 11) is 0. The summed E-state index contributed by atoms with van der Waals surface area (Å²) in [6, 6.07) is -0.666. The van der Waals surface area contributed by atoms with E-state index in [0.717, 1.165) is 19.3 Å². The van der Waals surface area contributed by atoms with Crippen molar-refractivity contribution in [3.63, 3.8) is 0 Å². The topological polar surface area (TPSA) is 117 Å². The van der Waals surface area contributed by atoms with E-state index in [-0.39, 0.29) is 12.1 Å². The lowest BCUT2D eigenvalue weighted by Crippen LogP contribution is -2.47. The fraction of sp³-hybridized carbons (Fsp3) is 0.692. The lowest BCUT2D eigenvalue weighted by atomic mass is 9.95. The molecule has 0 spiro atoms. The number of carbonyl (C=O) groups excluding carboxylic acids is 1. The number of hydrogen-bond acceptors (Lipinski definition) is 5. The molecule has 0 saturated heterocycles. The van der Waals surface area contributed by atoms with Crippen molar-refractivity contribution in [3.05, 3.63) is 12.2 Å². The molecule has 1 saturated carbocycles. The Morgan fingerprint density at radius 2 is 2.14 bits per heavy atom. The highest BCUT2D eigenvalue weighted by Gasteiger charge is 2.30. The average Bonchev–Trinajstić information content (AvgIpc) is 2.84. The third-order valence-corrected chi connectivity index (χ3v) is 3.68. The van der Waals surface area contributed by atoms with E-state index in [1.54, 1.807) is 0 Å². The van der Waals surface area contributed by atoms with Crippen LogP contribution >= 0.6 is 0 Å². The van der Waals surface area contributed by atoms with Crippen molar-refractivity contribution in [2.45, 2.75) is 44.6 Å². The third-order valence-electron chi connectivity index (χ3n) is 3.68. The van der Waals surface area contributed by atoms with E-state index in [1.807, 2.05) is 0 Å². The number of carboxylic acids is 1. The van der Waals surface area contributed by atoms with Crippen molar-refractivity contribution in [1.29, 1.82) is 0 Å². The molecule has 0 bridgehead atoms. The van der Waals surface area contributed by atoms with E-state index in [4.69, 9.17) is 4.52 Å². The molecule has 2 atom stereocenters. The average molecular weight is 296 g/mol. The van der Waals surface area contributed by atoms with E-state index in [0.29, 0.717) is 31.7 Å². The van der Waals surface area contributed by atoms with Crippen molar-refractivity contribution in [2.75, 3.05) is 6.54 Å². The van der Waals surface area contributed by atoms with Crippen LogP contribution in [0.1, 0.15) is 38.0 Å². The standard InChI is InChI=1S/C13H20N4O4/c18-12(19)9-4-2-1-3-5-10(9)17-13(20)14-7-6-11-15-8-16-21-11/h8-10H,1-7H2,(H,18,19)(H2,14,17,20). The molecule has 21 heavy (non-hydrogen) atoms. The molecule has 8 heteroatoms. The number of amides is 2. The molecule has 1 heterocycles. The number of aromatic nitrogens is 2. The first-order chi connectivity index (χ1) is 10.2. The summed E-state index contributed by atoms with van der Waals surface area (Å²) in [5, 5.41) is 18.2. The van der Waals surface area contributed by atoms with Crippen molar-refractivity contribution in [1.82, 2.24) is 20.8 Å². The summed E-state index contributed by atoms with van der Waals surface area (Å²) >= 11 is 0. The van der Waals surface area contributed by atoms with Crippen LogP contribution < -0.4 is 10.6 Å². The number of urea groups is 1. The summed E-state index contributed by atoms with van der Waals surface area (Å²) in [5.74, 6) is -0.893. The number of rotatable bonds is 5. The van der Waals surface area contributed by atoms with Gasteiger partial charge in [0.25, 0.3) is 0 Å². The molecule has 1 fully saturated rings. The van der Waals surface area contributed by atoms with E-state index in [9.17, 15) is 14.7 Å². The van der Waals surface area contributed by atoms with Crippen LogP contribution in [-0.2, 0) is 11.2 Å². The minimum atomic E-state index is -0.840. The number of nitrogens with zero attached hydrogens (tertiary/aromatic N) is 2. The van der Waals surface area contributed by atoms with Gasteiger partial charge in [-0.2, -0.15) is 4.98 Å². The summed E-state index contributed by atoms with van der Waals surface area (Å²) in [5.41, 5.74) is 0. The monoisotopic (exact) mass is 296 g/mol. The molecule has 3 N–H and O–H groups in total. The summed E-state index contributed by atoms with van der Waals surface area (Å²) in [6.45, 7) is 0.360. The van der Waals surface area contributed by atoms with Gasteiger partial charge in [-0.3, -0.25) is 4.79 Å². The van der Waals surface area contributed by atoms with Gasteiger partial charge in [0.05, 0.1) is 5.92 Å². The first-order valence-corrected chi connectivity index (χ1v) is 7.19. The maximum absolute atomic E-state index is 11.8. The van der Waals surface area contributed by atoms with Crippen LogP contribution in [0, 0.1) is 5.92 Å². The Morgan fingerprint density at radius 1 is 1.33 bits per heavy atom. The van der Waals surface area contributed by atoms with Gasteiger partial charge in [-0.05, 0) is 12.8 Å². The molecule has 2 unspecified atom stereocenters. The van der Waals surface area contributed by atoms with Gasteiger partial charge in [0, 0.05) is 19.0 Å². The maximum Gasteiger partial charge on any atom is 0.315 e. The highest BCUT2D eigenvalue weighted by Crippen LogP contribution is 2.23. The Bertz CT molecular complexity index is 463.